The van der Waals surface area contributed by atoms with Gasteiger partial charge in [-0.3, -0.25) is 4.79 Å². The van der Waals surface area contributed by atoms with Gasteiger partial charge in [0.25, 0.3) is 0 Å². The highest BCUT2D eigenvalue weighted by Crippen LogP contribution is 2.30. The van der Waals surface area contributed by atoms with E-state index in [1.807, 2.05) is 4.57 Å². The molecule has 1 aliphatic rings. The Labute approximate surface area is 81.7 Å². The summed E-state index contributed by atoms with van der Waals surface area (Å²) in [5.74, 6) is 1.37. The van der Waals surface area contributed by atoms with Crippen molar-refractivity contribution >= 4 is 17.9 Å². The van der Waals surface area contributed by atoms with E-state index < -0.39 is 0 Å². The molecule has 1 atom stereocenters. The number of carbonyl (C=O) groups is 1. The number of aldehydes is 1. The van der Waals surface area contributed by atoms with Gasteiger partial charge in [0.05, 0.1) is 0 Å². The first-order chi connectivity index (χ1) is 6.24. The van der Waals surface area contributed by atoms with Crippen LogP contribution in [0, 0.1) is 0 Å². The van der Waals surface area contributed by atoms with Gasteiger partial charge in [-0.25, -0.2) is 4.98 Å². The summed E-state index contributed by atoms with van der Waals surface area (Å²) in [5, 5.41) is 0.497. The quantitative estimate of drug-likeness (QED) is 0.649. The van der Waals surface area contributed by atoms with Gasteiger partial charge in [0.15, 0.2) is 6.29 Å². The van der Waals surface area contributed by atoms with Crippen molar-refractivity contribution in [3.63, 3.8) is 0 Å². The smallest absolute Gasteiger partial charge is 0.171 e. The van der Waals surface area contributed by atoms with Crippen LogP contribution < -0.4 is 0 Å². The van der Waals surface area contributed by atoms with Crippen LogP contribution in [-0.4, -0.2) is 15.8 Å². The van der Waals surface area contributed by atoms with Crippen molar-refractivity contribution in [2.45, 2.75) is 32.2 Å². The van der Waals surface area contributed by atoms with Gasteiger partial charge in [0.1, 0.15) is 16.7 Å². The van der Waals surface area contributed by atoms with Crippen LogP contribution >= 0.6 is 11.6 Å². The molecule has 1 unspecified atom stereocenters. The summed E-state index contributed by atoms with van der Waals surface area (Å²) in [6.45, 7) is 3.00. The van der Waals surface area contributed by atoms with Gasteiger partial charge in [-0.05, 0) is 12.8 Å². The van der Waals surface area contributed by atoms with Crippen molar-refractivity contribution in [1.29, 1.82) is 0 Å². The number of rotatable bonds is 1. The molecule has 2 rings (SSSR count). The molecule has 1 aliphatic heterocycles. The van der Waals surface area contributed by atoms with Crippen molar-refractivity contribution < 1.29 is 4.79 Å². The fourth-order valence-electron chi connectivity index (χ4n) is 1.82. The molecule has 0 amide bonds. The largest absolute Gasteiger partial charge is 0.318 e. The molecule has 3 nitrogen and oxygen atoms in total. The zero-order valence-electron chi connectivity index (χ0n) is 7.46. The van der Waals surface area contributed by atoms with Crippen LogP contribution in [0.1, 0.15) is 42.0 Å². The summed E-state index contributed by atoms with van der Waals surface area (Å²) in [6.07, 6.45) is 2.97. The van der Waals surface area contributed by atoms with Crippen LogP contribution in [0.4, 0.5) is 0 Å². The molecule has 1 aromatic heterocycles. The molecule has 1 aromatic rings. The van der Waals surface area contributed by atoms with E-state index in [9.17, 15) is 4.79 Å². The minimum absolute atomic E-state index is 0.380. The van der Waals surface area contributed by atoms with E-state index in [2.05, 4.69) is 11.9 Å². The van der Waals surface area contributed by atoms with E-state index in [-0.39, 0.29) is 0 Å². The average molecular weight is 199 g/mol. The Kier molecular flexibility index (Phi) is 2.12. The van der Waals surface area contributed by atoms with Crippen molar-refractivity contribution in [3.8, 4) is 0 Å². The Bertz CT molecular complexity index is 346. The van der Waals surface area contributed by atoms with E-state index in [1.54, 1.807) is 0 Å². The topological polar surface area (TPSA) is 34.9 Å². The number of carbonyl (C=O) groups excluding carboxylic acids is 1. The zero-order chi connectivity index (χ0) is 9.42. The van der Waals surface area contributed by atoms with Gasteiger partial charge in [-0.15, -0.1) is 0 Å². The summed E-state index contributed by atoms with van der Waals surface area (Å²) >= 11 is 5.98. The zero-order valence-corrected chi connectivity index (χ0v) is 8.21. The van der Waals surface area contributed by atoms with Crippen molar-refractivity contribution in [3.05, 3.63) is 16.7 Å². The lowest BCUT2D eigenvalue weighted by molar-refractivity contribution is 0.111. The molecule has 0 bridgehead atoms. The molecular formula is C9H11ClN2O. The number of hydrogen-bond donors (Lipinski definition) is 0. The Hall–Kier alpha value is -0.830. The van der Waals surface area contributed by atoms with Crippen LogP contribution in [-0.2, 0) is 6.54 Å². The van der Waals surface area contributed by atoms with E-state index in [1.165, 1.54) is 0 Å². The lowest BCUT2D eigenvalue weighted by Crippen LogP contribution is -2.13. The summed E-state index contributed by atoms with van der Waals surface area (Å²) in [7, 11) is 0. The molecule has 4 heteroatoms. The third kappa shape index (κ3) is 1.27. The molecule has 0 N–H and O–H groups in total. The van der Waals surface area contributed by atoms with E-state index >= 15 is 0 Å². The number of fused-ring (bicyclic) bond motifs is 1. The van der Waals surface area contributed by atoms with Crippen molar-refractivity contribution in [2.75, 3.05) is 0 Å². The van der Waals surface area contributed by atoms with Gasteiger partial charge < -0.3 is 4.57 Å². The first-order valence-corrected chi connectivity index (χ1v) is 4.83. The maximum absolute atomic E-state index is 10.6. The molecule has 13 heavy (non-hydrogen) atoms. The second kappa shape index (κ2) is 3.14. The van der Waals surface area contributed by atoms with E-state index in [0.717, 1.165) is 31.5 Å². The number of halogens is 1. The highest BCUT2D eigenvalue weighted by atomic mass is 35.5. The summed E-state index contributed by atoms with van der Waals surface area (Å²) in [5.41, 5.74) is 0.380. The van der Waals surface area contributed by atoms with E-state index in [4.69, 9.17) is 11.6 Å². The minimum atomic E-state index is 0.380. The fourth-order valence-corrected chi connectivity index (χ4v) is 2.08. The van der Waals surface area contributed by atoms with Crippen LogP contribution in [0.5, 0.6) is 0 Å². The van der Waals surface area contributed by atoms with Crippen LogP contribution in [0.3, 0.4) is 0 Å². The molecule has 0 radical (unpaired) electrons. The number of nitrogens with zero attached hydrogens (tertiary/aromatic N) is 2. The number of imidazole rings is 1. The molecule has 2 heterocycles. The summed E-state index contributed by atoms with van der Waals surface area (Å²) < 4.78 is 1.94. The molecule has 0 saturated carbocycles. The molecule has 0 spiro atoms. The molecule has 0 saturated heterocycles. The molecule has 0 fully saturated rings. The fraction of sp³-hybridized carbons (Fsp3) is 0.556. The van der Waals surface area contributed by atoms with Gasteiger partial charge in [0, 0.05) is 12.5 Å². The second-order valence-corrected chi connectivity index (χ2v) is 3.82. The Morgan fingerprint density at radius 2 is 2.46 bits per heavy atom. The monoisotopic (exact) mass is 198 g/mol. The Morgan fingerprint density at radius 3 is 3.08 bits per heavy atom. The highest BCUT2D eigenvalue weighted by Gasteiger charge is 2.22. The predicted molar refractivity (Wildman–Crippen MR) is 50.3 cm³/mol. The minimum Gasteiger partial charge on any atom is -0.318 e. The molecule has 0 aromatic carbocycles. The lowest BCUT2D eigenvalue weighted by Gasteiger charge is -2.19. The van der Waals surface area contributed by atoms with Crippen molar-refractivity contribution in [2.24, 2.45) is 0 Å². The SMILES string of the molecule is CC1CCCn2c1nc(C=O)c2Cl. The first kappa shape index (κ1) is 8.75. The summed E-state index contributed by atoms with van der Waals surface area (Å²) in [4.78, 5) is 14.8. The van der Waals surface area contributed by atoms with Crippen LogP contribution in [0.2, 0.25) is 5.15 Å². The number of hydrogen-bond acceptors (Lipinski definition) is 2. The van der Waals surface area contributed by atoms with Gasteiger partial charge in [0.2, 0.25) is 0 Å². The third-order valence-corrected chi connectivity index (χ3v) is 2.93. The van der Waals surface area contributed by atoms with Gasteiger partial charge in [-0.1, -0.05) is 18.5 Å². The highest BCUT2D eigenvalue weighted by molar-refractivity contribution is 6.31. The first-order valence-electron chi connectivity index (χ1n) is 4.45. The lowest BCUT2D eigenvalue weighted by atomic mass is 10.0. The molecule has 0 aliphatic carbocycles. The van der Waals surface area contributed by atoms with Crippen molar-refractivity contribution in [1.82, 2.24) is 9.55 Å². The Morgan fingerprint density at radius 1 is 1.69 bits per heavy atom. The van der Waals surface area contributed by atoms with Crippen LogP contribution in [0.15, 0.2) is 0 Å². The molecule has 70 valence electrons. The van der Waals surface area contributed by atoms with E-state index in [0.29, 0.717) is 16.8 Å². The Balaban J connectivity index is 2.54. The standard InChI is InChI=1S/C9H11ClN2O/c1-6-3-2-4-12-8(10)7(5-13)11-9(6)12/h5-6H,2-4H2,1H3. The third-order valence-electron chi connectivity index (χ3n) is 2.53. The molecular weight excluding hydrogens is 188 g/mol. The second-order valence-electron chi connectivity index (χ2n) is 3.46. The van der Waals surface area contributed by atoms with Gasteiger partial charge >= 0.3 is 0 Å². The van der Waals surface area contributed by atoms with Gasteiger partial charge in [-0.2, -0.15) is 0 Å². The predicted octanol–water partition coefficient (Wildman–Crippen LogP) is 2.25. The van der Waals surface area contributed by atoms with Crippen LogP contribution in [0.25, 0.3) is 0 Å². The number of aromatic nitrogens is 2. The normalized spacial score (nSPS) is 21.2. The summed E-state index contributed by atoms with van der Waals surface area (Å²) in [6, 6.07) is 0. The average Bonchev–Trinajstić information content (AvgIpc) is 2.45. The maximum atomic E-state index is 10.6. The maximum Gasteiger partial charge on any atom is 0.171 e.